The van der Waals surface area contributed by atoms with E-state index in [1.165, 1.54) is 0 Å². The largest absolute Gasteiger partial charge is 0.397 e. The zero-order valence-corrected chi connectivity index (χ0v) is 17.2. The number of ether oxygens (including phenoxy) is 1. The monoisotopic (exact) mass is 407 g/mol. The van der Waals surface area contributed by atoms with Crippen molar-refractivity contribution in [1.29, 1.82) is 0 Å². The Bertz CT molecular complexity index is 1140. The highest BCUT2D eigenvalue weighted by molar-refractivity contribution is 6.07. The average Bonchev–Trinajstić information content (AvgIpc) is 3.05. The van der Waals surface area contributed by atoms with Crippen LogP contribution < -0.4 is 16.4 Å². The van der Waals surface area contributed by atoms with Crippen molar-refractivity contribution in [1.82, 2.24) is 9.88 Å². The zero-order chi connectivity index (χ0) is 21.4. The third-order valence-corrected chi connectivity index (χ3v) is 5.46. The van der Waals surface area contributed by atoms with Gasteiger partial charge in [0.05, 0.1) is 29.4 Å². The molecule has 8 heteroatoms. The lowest BCUT2D eigenvalue weighted by atomic mass is 10.0. The second-order valence-electron chi connectivity index (χ2n) is 7.50. The van der Waals surface area contributed by atoms with Gasteiger partial charge in [0.2, 0.25) is 0 Å². The first-order chi connectivity index (χ1) is 14.4. The predicted molar refractivity (Wildman–Crippen MR) is 118 cm³/mol. The summed E-state index contributed by atoms with van der Waals surface area (Å²) in [5, 5.41) is 6.87. The number of aromatic amines is 1. The summed E-state index contributed by atoms with van der Waals surface area (Å²) in [6, 6.07) is 10.5. The van der Waals surface area contributed by atoms with E-state index in [9.17, 15) is 9.59 Å². The number of likely N-dealkylation sites (N-methyl/N-ethyl adjacent to an activating group) is 1. The van der Waals surface area contributed by atoms with Gasteiger partial charge in [0.15, 0.2) is 0 Å². The highest BCUT2D eigenvalue weighted by Gasteiger charge is 2.30. The van der Waals surface area contributed by atoms with Crippen molar-refractivity contribution < 1.29 is 14.3 Å². The fourth-order valence-electron chi connectivity index (χ4n) is 3.73. The number of hydrogen-bond donors (Lipinski definition) is 4. The number of aryl methyl sites for hydroxylation is 1. The molecule has 5 N–H and O–H groups in total. The maximum absolute atomic E-state index is 12.9. The number of anilines is 3. The van der Waals surface area contributed by atoms with Crippen molar-refractivity contribution in [3.8, 4) is 0 Å². The number of para-hydroxylation sites is 2. The van der Waals surface area contributed by atoms with Crippen LogP contribution in [0.4, 0.5) is 17.1 Å². The van der Waals surface area contributed by atoms with Gasteiger partial charge in [-0.3, -0.25) is 9.59 Å². The lowest BCUT2D eigenvalue weighted by Gasteiger charge is -2.26. The minimum Gasteiger partial charge on any atom is -0.397 e. The number of fused-ring (bicyclic) bond motifs is 2. The van der Waals surface area contributed by atoms with E-state index in [4.69, 9.17) is 10.5 Å². The SMILES string of the molecule is COCCN(C)C(=O)c1cc2c(N)c(C3Nc4ccccc4NC3=O)[nH]c2cc1C. The van der Waals surface area contributed by atoms with E-state index in [1.807, 2.05) is 37.3 Å². The van der Waals surface area contributed by atoms with Gasteiger partial charge < -0.3 is 31.0 Å². The van der Waals surface area contributed by atoms with Crippen LogP contribution in [0.15, 0.2) is 36.4 Å². The standard InChI is InChI=1S/C22H25N5O3/c1-12-10-17-14(11-13(12)22(29)27(2)8-9-30-3)18(23)19(25-17)20-21(28)26-16-7-5-4-6-15(16)24-20/h4-7,10-11,20,24-25H,8-9,23H2,1-3H3,(H,26,28). The maximum Gasteiger partial charge on any atom is 0.253 e. The number of carbonyl (C=O) groups excluding carboxylic acids is 2. The van der Waals surface area contributed by atoms with Crippen molar-refractivity contribution in [3.63, 3.8) is 0 Å². The molecule has 0 saturated carbocycles. The molecule has 0 saturated heterocycles. The van der Waals surface area contributed by atoms with Gasteiger partial charge in [0, 0.05) is 37.2 Å². The van der Waals surface area contributed by atoms with Crippen LogP contribution in [0.3, 0.4) is 0 Å². The molecule has 2 aromatic carbocycles. The Balaban J connectivity index is 1.71. The molecule has 30 heavy (non-hydrogen) atoms. The number of methoxy groups -OCH3 is 1. The van der Waals surface area contributed by atoms with E-state index in [1.54, 1.807) is 25.1 Å². The van der Waals surface area contributed by atoms with Gasteiger partial charge in [0.25, 0.3) is 11.8 Å². The molecule has 8 nitrogen and oxygen atoms in total. The van der Waals surface area contributed by atoms with Crippen molar-refractivity contribution >= 4 is 39.8 Å². The van der Waals surface area contributed by atoms with E-state index >= 15 is 0 Å². The first-order valence-corrected chi connectivity index (χ1v) is 9.73. The van der Waals surface area contributed by atoms with Gasteiger partial charge >= 0.3 is 0 Å². The Hall–Kier alpha value is -3.52. The van der Waals surface area contributed by atoms with Crippen LogP contribution in [0.5, 0.6) is 0 Å². The van der Waals surface area contributed by atoms with Crippen LogP contribution >= 0.6 is 0 Å². The second-order valence-corrected chi connectivity index (χ2v) is 7.50. The van der Waals surface area contributed by atoms with E-state index in [2.05, 4.69) is 15.6 Å². The molecule has 0 fully saturated rings. The minimum atomic E-state index is -0.656. The topological polar surface area (TPSA) is 112 Å². The van der Waals surface area contributed by atoms with Gasteiger partial charge in [-0.1, -0.05) is 12.1 Å². The number of hydrogen-bond acceptors (Lipinski definition) is 5. The smallest absolute Gasteiger partial charge is 0.253 e. The van der Waals surface area contributed by atoms with Crippen molar-refractivity contribution in [2.45, 2.75) is 13.0 Å². The number of rotatable bonds is 5. The summed E-state index contributed by atoms with van der Waals surface area (Å²) in [6.45, 7) is 2.84. The quantitative estimate of drug-likeness (QED) is 0.520. The molecule has 1 aliphatic rings. The highest BCUT2D eigenvalue weighted by Crippen LogP contribution is 2.37. The van der Waals surface area contributed by atoms with E-state index in [0.717, 1.165) is 22.5 Å². The molecule has 1 aromatic heterocycles. The zero-order valence-electron chi connectivity index (χ0n) is 17.2. The van der Waals surface area contributed by atoms with Gasteiger partial charge in [-0.15, -0.1) is 0 Å². The molecule has 1 atom stereocenters. The van der Waals surface area contributed by atoms with Gasteiger partial charge in [-0.25, -0.2) is 0 Å². The first kappa shape index (κ1) is 19.8. The van der Waals surface area contributed by atoms with Crippen LogP contribution in [0.2, 0.25) is 0 Å². The Kier molecular flexibility index (Phi) is 5.09. The molecule has 3 aromatic rings. The van der Waals surface area contributed by atoms with Crippen LogP contribution in [-0.4, -0.2) is 49.0 Å². The second kappa shape index (κ2) is 7.72. The lowest BCUT2D eigenvalue weighted by Crippen LogP contribution is -2.32. The molecular weight excluding hydrogens is 382 g/mol. The summed E-state index contributed by atoms with van der Waals surface area (Å²) in [7, 11) is 3.34. The molecular formula is C22H25N5O3. The Morgan fingerprint density at radius 2 is 1.97 bits per heavy atom. The van der Waals surface area contributed by atoms with Crippen molar-refractivity contribution in [3.05, 3.63) is 53.2 Å². The van der Waals surface area contributed by atoms with Gasteiger partial charge in [0.1, 0.15) is 6.04 Å². The summed E-state index contributed by atoms with van der Waals surface area (Å²) in [4.78, 5) is 30.5. The highest BCUT2D eigenvalue weighted by atomic mass is 16.5. The summed E-state index contributed by atoms with van der Waals surface area (Å²) in [6.07, 6.45) is 0. The fourth-order valence-corrected chi connectivity index (χ4v) is 3.73. The van der Waals surface area contributed by atoms with Gasteiger partial charge in [-0.05, 0) is 36.8 Å². The molecule has 2 heterocycles. The van der Waals surface area contributed by atoms with E-state index in [0.29, 0.717) is 35.5 Å². The Morgan fingerprint density at radius 1 is 1.23 bits per heavy atom. The van der Waals surface area contributed by atoms with E-state index in [-0.39, 0.29) is 11.8 Å². The molecule has 0 bridgehead atoms. The van der Waals surface area contributed by atoms with Crippen LogP contribution in [0, 0.1) is 6.92 Å². The number of nitrogens with zero attached hydrogens (tertiary/aromatic N) is 1. The Labute approximate surface area is 174 Å². The average molecular weight is 407 g/mol. The number of nitrogens with one attached hydrogen (secondary N) is 3. The predicted octanol–water partition coefficient (Wildman–Crippen LogP) is 2.88. The number of carbonyl (C=O) groups is 2. The molecule has 0 spiro atoms. The van der Waals surface area contributed by atoms with Crippen LogP contribution in [0.1, 0.15) is 27.7 Å². The summed E-state index contributed by atoms with van der Waals surface area (Å²) in [5.74, 6) is -0.296. The minimum absolute atomic E-state index is 0.101. The summed E-state index contributed by atoms with van der Waals surface area (Å²) >= 11 is 0. The van der Waals surface area contributed by atoms with Gasteiger partial charge in [-0.2, -0.15) is 0 Å². The number of aromatic nitrogens is 1. The van der Waals surface area contributed by atoms with Crippen molar-refractivity contribution in [2.24, 2.45) is 0 Å². The molecule has 0 radical (unpaired) electrons. The van der Waals surface area contributed by atoms with Crippen LogP contribution in [0.25, 0.3) is 10.9 Å². The molecule has 1 aliphatic heterocycles. The van der Waals surface area contributed by atoms with Crippen LogP contribution in [-0.2, 0) is 9.53 Å². The third kappa shape index (κ3) is 3.35. The molecule has 0 aliphatic carbocycles. The lowest BCUT2D eigenvalue weighted by molar-refractivity contribution is -0.117. The number of nitrogens with two attached hydrogens (primary N) is 1. The first-order valence-electron chi connectivity index (χ1n) is 9.73. The number of nitrogen functional groups attached to an aromatic ring is 1. The molecule has 4 rings (SSSR count). The molecule has 1 unspecified atom stereocenters. The molecule has 156 valence electrons. The number of H-pyrrole nitrogens is 1. The summed E-state index contributed by atoms with van der Waals surface area (Å²) in [5.41, 5.74) is 11.2. The van der Waals surface area contributed by atoms with E-state index < -0.39 is 6.04 Å². The molecule has 2 amide bonds. The number of amides is 2. The van der Waals surface area contributed by atoms with Crippen molar-refractivity contribution in [2.75, 3.05) is 43.7 Å². The summed E-state index contributed by atoms with van der Waals surface area (Å²) < 4.78 is 5.06. The third-order valence-electron chi connectivity index (χ3n) is 5.46. The maximum atomic E-state index is 12.9. The fraction of sp³-hybridized carbons (Fsp3) is 0.273. The normalized spacial score (nSPS) is 15.4. The Morgan fingerprint density at radius 3 is 2.70 bits per heavy atom. The number of benzene rings is 2.